The zero-order chi connectivity index (χ0) is 22.3. The van der Waals surface area contributed by atoms with Crippen molar-refractivity contribution in [2.24, 2.45) is 4.99 Å². The summed E-state index contributed by atoms with van der Waals surface area (Å²) in [7, 11) is 0. The maximum atomic E-state index is 14.2. The van der Waals surface area contributed by atoms with Gasteiger partial charge in [0.25, 0.3) is 0 Å². The highest BCUT2D eigenvalue weighted by Gasteiger charge is 2.22. The molecule has 1 aliphatic heterocycles. The van der Waals surface area contributed by atoms with Crippen molar-refractivity contribution in [3.63, 3.8) is 0 Å². The predicted octanol–water partition coefficient (Wildman–Crippen LogP) is 4.31. The first kappa shape index (κ1) is 21.4. The van der Waals surface area contributed by atoms with Gasteiger partial charge in [0.15, 0.2) is 5.96 Å². The topological polar surface area (TPSA) is 68.2 Å². The quantitative estimate of drug-likeness (QED) is 0.464. The molecule has 0 spiro atoms. The van der Waals surface area contributed by atoms with Gasteiger partial charge in [-0.3, -0.25) is 0 Å². The summed E-state index contributed by atoms with van der Waals surface area (Å²) in [5.74, 6) is -0.459. The first-order valence-corrected chi connectivity index (χ1v) is 10.5. The van der Waals surface area contributed by atoms with Gasteiger partial charge in [0.05, 0.1) is 17.8 Å². The Kier molecular flexibility index (Phi) is 6.65. The Morgan fingerprint density at radius 1 is 0.906 bits per heavy atom. The van der Waals surface area contributed by atoms with Crippen LogP contribution in [0.1, 0.15) is 15.9 Å². The number of para-hydroxylation sites is 1. The maximum absolute atomic E-state index is 14.2. The van der Waals surface area contributed by atoms with Crippen molar-refractivity contribution in [2.75, 3.05) is 36.4 Å². The molecule has 3 aromatic rings. The highest BCUT2D eigenvalue weighted by atomic mass is 19.1. The molecule has 6 nitrogen and oxygen atoms in total. The highest BCUT2D eigenvalue weighted by Crippen LogP contribution is 2.21. The number of aliphatic imine (C=N–C) groups is 1. The van der Waals surface area contributed by atoms with Gasteiger partial charge >= 0.3 is 5.97 Å². The second-order valence-corrected chi connectivity index (χ2v) is 7.56. The van der Waals surface area contributed by atoms with Crippen LogP contribution in [0.5, 0.6) is 0 Å². The van der Waals surface area contributed by atoms with Crippen LogP contribution in [0.25, 0.3) is 0 Å². The normalized spacial score (nSPS) is 14.3. The third-order valence-corrected chi connectivity index (χ3v) is 5.41. The zero-order valence-electron chi connectivity index (χ0n) is 17.6. The van der Waals surface area contributed by atoms with Crippen LogP contribution in [0.4, 0.5) is 15.8 Å². The molecule has 2 N–H and O–H groups in total. The Labute approximate surface area is 186 Å². The van der Waals surface area contributed by atoms with E-state index in [0.29, 0.717) is 44.4 Å². The molecule has 0 aliphatic carbocycles. The third kappa shape index (κ3) is 5.24. The Morgan fingerprint density at radius 3 is 2.22 bits per heavy atom. The van der Waals surface area contributed by atoms with E-state index in [4.69, 9.17) is 10.1 Å². The van der Waals surface area contributed by atoms with Crippen LogP contribution >= 0.6 is 0 Å². The van der Waals surface area contributed by atoms with E-state index >= 15 is 0 Å². The Hall–Kier alpha value is -3.87. The Bertz CT molecular complexity index is 1080. The zero-order valence-corrected chi connectivity index (χ0v) is 17.6. The minimum Gasteiger partial charge on any atom is -0.478 e. The first-order chi connectivity index (χ1) is 15.6. The van der Waals surface area contributed by atoms with Crippen LogP contribution in [0.2, 0.25) is 0 Å². The molecule has 0 amide bonds. The minimum absolute atomic E-state index is 0.212. The molecule has 32 heavy (non-hydrogen) atoms. The number of carboxylic acid groups (broad SMARTS) is 1. The lowest BCUT2D eigenvalue weighted by Crippen LogP contribution is -2.51. The van der Waals surface area contributed by atoms with Gasteiger partial charge in [0, 0.05) is 31.9 Å². The van der Waals surface area contributed by atoms with Crippen molar-refractivity contribution in [3.8, 4) is 0 Å². The number of rotatable bonds is 5. The Morgan fingerprint density at radius 2 is 1.56 bits per heavy atom. The SMILES string of the molecule is O=C(O)c1ccc(NC(=NCc2ccccc2)N2CCN(c3ccccc3F)CC2)cc1. The largest absolute Gasteiger partial charge is 0.478 e. The number of hydrogen-bond donors (Lipinski definition) is 2. The molecule has 0 saturated carbocycles. The van der Waals surface area contributed by atoms with Gasteiger partial charge in [-0.05, 0) is 42.0 Å². The number of aromatic carboxylic acids is 1. The van der Waals surface area contributed by atoms with Gasteiger partial charge in [-0.15, -0.1) is 0 Å². The molecule has 3 aromatic carbocycles. The maximum Gasteiger partial charge on any atom is 0.335 e. The fraction of sp³-hybridized carbons (Fsp3) is 0.200. The summed E-state index contributed by atoms with van der Waals surface area (Å²) >= 11 is 0. The summed E-state index contributed by atoms with van der Waals surface area (Å²) in [5, 5.41) is 12.5. The van der Waals surface area contributed by atoms with Gasteiger partial charge in [-0.25, -0.2) is 14.2 Å². The van der Waals surface area contributed by atoms with Gasteiger partial charge in [-0.1, -0.05) is 42.5 Å². The van der Waals surface area contributed by atoms with Crippen molar-refractivity contribution in [2.45, 2.75) is 6.54 Å². The highest BCUT2D eigenvalue weighted by molar-refractivity contribution is 5.95. The molecule has 1 saturated heterocycles. The lowest BCUT2D eigenvalue weighted by atomic mass is 10.2. The van der Waals surface area contributed by atoms with Crippen molar-refractivity contribution in [1.82, 2.24) is 4.90 Å². The number of piperazine rings is 1. The van der Waals surface area contributed by atoms with E-state index in [1.54, 1.807) is 36.4 Å². The van der Waals surface area contributed by atoms with Crippen LogP contribution < -0.4 is 10.2 Å². The molecule has 0 aromatic heterocycles. The molecule has 0 atom stereocenters. The van der Waals surface area contributed by atoms with Gasteiger partial charge < -0.3 is 20.2 Å². The molecular weight excluding hydrogens is 407 g/mol. The standard InChI is InChI=1S/C25H25FN4O2/c26-22-8-4-5-9-23(22)29-14-16-30(17-15-29)25(27-18-19-6-2-1-3-7-19)28-21-12-10-20(11-13-21)24(31)32/h1-13H,14-18H2,(H,27,28)(H,31,32). The molecule has 0 bridgehead atoms. The van der Waals surface area contributed by atoms with Crippen molar-refractivity contribution in [3.05, 3.63) is 95.8 Å². The van der Waals surface area contributed by atoms with Crippen molar-refractivity contribution < 1.29 is 14.3 Å². The number of guanidine groups is 1. The van der Waals surface area contributed by atoms with Gasteiger partial charge in [0.2, 0.25) is 0 Å². The summed E-state index contributed by atoms with van der Waals surface area (Å²) in [6.07, 6.45) is 0. The monoisotopic (exact) mass is 432 g/mol. The van der Waals surface area contributed by atoms with E-state index in [9.17, 15) is 9.18 Å². The second-order valence-electron chi connectivity index (χ2n) is 7.56. The van der Waals surface area contributed by atoms with Crippen LogP contribution in [-0.2, 0) is 6.54 Å². The summed E-state index contributed by atoms with van der Waals surface area (Å²) in [4.78, 5) is 20.1. The number of anilines is 2. The number of carbonyl (C=O) groups is 1. The van der Waals surface area contributed by atoms with E-state index in [1.807, 2.05) is 41.3 Å². The molecule has 164 valence electrons. The number of nitrogens with one attached hydrogen (secondary N) is 1. The summed E-state index contributed by atoms with van der Waals surface area (Å²) in [5.41, 5.74) is 2.71. The summed E-state index contributed by atoms with van der Waals surface area (Å²) in [6, 6.07) is 23.4. The molecule has 1 heterocycles. The van der Waals surface area contributed by atoms with E-state index in [1.165, 1.54) is 6.07 Å². The fourth-order valence-electron chi connectivity index (χ4n) is 3.66. The number of carboxylic acids is 1. The van der Waals surface area contributed by atoms with Gasteiger partial charge in [-0.2, -0.15) is 0 Å². The van der Waals surface area contributed by atoms with Crippen molar-refractivity contribution in [1.29, 1.82) is 0 Å². The van der Waals surface area contributed by atoms with E-state index < -0.39 is 5.97 Å². The van der Waals surface area contributed by atoms with Crippen LogP contribution in [-0.4, -0.2) is 48.1 Å². The number of hydrogen-bond acceptors (Lipinski definition) is 3. The van der Waals surface area contributed by atoms with Crippen LogP contribution in [0.3, 0.4) is 0 Å². The van der Waals surface area contributed by atoms with E-state index in [0.717, 1.165) is 11.3 Å². The second kappa shape index (κ2) is 9.96. The molecule has 1 aliphatic rings. The fourth-order valence-corrected chi connectivity index (χ4v) is 3.66. The number of nitrogens with zero attached hydrogens (tertiary/aromatic N) is 3. The predicted molar refractivity (Wildman–Crippen MR) is 125 cm³/mol. The number of halogens is 1. The number of benzene rings is 3. The molecule has 0 radical (unpaired) electrons. The molecule has 0 unspecified atom stereocenters. The summed E-state index contributed by atoms with van der Waals surface area (Å²) in [6.45, 7) is 3.23. The lowest BCUT2D eigenvalue weighted by Gasteiger charge is -2.37. The average Bonchev–Trinajstić information content (AvgIpc) is 2.83. The molecule has 7 heteroatoms. The van der Waals surface area contributed by atoms with Crippen LogP contribution in [0.15, 0.2) is 83.9 Å². The molecular formula is C25H25FN4O2. The smallest absolute Gasteiger partial charge is 0.335 e. The van der Waals surface area contributed by atoms with E-state index in [2.05, 4.69) is 10.2 Å². The molecule has 1 fully saturated rings. The van der Waals surface area contributed by atoms with E-state index in [-0.39, 0.29) is 11.4 Å². The summed E-state index contributed by atoms with van der Waals surface area (Å²) < 4.78 is 14.2. The van der Waals surface area contributed by atoms with Crippen LogP contribution in [0, 0.1) is 5.82 Å². The Balaban J connectivity index is 1.50. The van der Waals surface area contributed by atoms with Gasteiger partial charge in [0.1, 0.15) is 5.82 Å². The van der Waals surface area contributed by atoms with Crippen molar-refractivity contribution >= 4 is 23.3 Å². The first-order valence-electron chi connectivity index (χ1n) is 10.5. The lowest BCUT2D eigenvalue weighted by molar-refractivity contribution is 0.0697. The average molecular weight is 432 g/mol. The molecule has 4 rings (SSSR count). The minimum atomic E-state index is -0.959. The third-order valence-electron chi connectivity index (χ3n) is 5.41.